The summed E-state index contributed by atoms with van der Waals surface area (Å²) in [5.41, 5.74) is 3.45. The number of benzene rings is 2. The molecule has 0 aliphatic carbocycles. The van der Waals surface area contributed by atoms with Gasteiger partial charge >= 0.3 is 0 Å². The summed E-state index contributed by atoms with van der Waals surface area (Å²) in [6.07, 6.45) is -0.645. The van der Waals surface area contributed by atoms with Gasteiger partial charge in [0.25, 0.3) is 5.91 Å². The molecule has 0 aromatic heterocycles. The Labute approximate surface area is 146 Å². The number of amides is 1. The van der Waals surface area contributed by atoms with E-state index in [1.165, 1.54) is 0 Å². The van der Waals surface area contributed by atoms with E-state index in [0.717, 1.165) is 16.7 Å². The predicted molar refractivity (Wildman–Crippen MR) is 95.8 cm³/mol. The summed E-state index contributed by atoms with van der Waals surface area (Å²) in [6, 6.07) is 9.01. The molecule has 0 spiro atoms. The van der Waals surface area contributed by atoms with Crippen molar-refractivity contribution in [2.75, 3.05) is 5.32 Å². The molecule has 2 aromatic rings. The number of halogens is 2. The van der Waals surface area contributed by atoms with Crippen molar-refractivity contribution in [1.29, 1.82) is 0 Å². The van der Waals surface area contributed by atoms with Crippen molar-refractivity contribution in [3.05, 3.63) is 57.1 Å². The summed E-state index contributed by atoms with van der Waals surface area (Å²) < 4.78 is 5.73. The molecule has 0 fully saturated rings. The monoisotopic (exact) mass is 351 g/mol. The molecule has 5 heteroatoms. The molecule has 23 heavy (non-hydrogen) atoms. The molecule has 2 rings (SSSR count). The molecule has 0 saturated heterocycles. The quantitative estimate of drug-likeness (QED) is 0.808. The zero-order chi connectivity index (χ0) is 17.1. The summed E-state index contributed by atoms with van der Waals surface area (Å²) >= 11 is 12.1. The van der Waals surface area contributed by atoms with E-state index in [9.17, 15) is 4.79 Å². The first kappa shape index (κ1) is 17.6. The average molecular weight is 352 g/mol. The summed E-state index contributed by atoms with van der Waals surface area (Å²) in [5.74, 6) is 0.385. The molecule has 0 aliphatic rings. The summed E-state index contributed by atoms with van der Waals surface area (Å²) in [7, 11) is 0. The fourth-order valence-corrected chi connectivity index (χ4v) is 2.48. The number of hydrogen-bond acceptors (Lipinski definition) is 2. The lowest BCUT2D eigenvalue weighted by Crippen LogP contribution is -2.30. The molecule has 1 N–H and O–H groups in total. The molecular weight excluding hydrogens is 333 g/mol. The van der Waals surface area contributed by atoms with E-state index in [2.05, 4.69) is 5.32 Å². The maximum absolute atomic E-state index is 12.3. The van der Waals surface area contributed by atoms with Crippen LogP contribution in [0.5, 0.6) is 5.75 Å². The summed E-state index contributed by atoms with van der Waals surface area (Å²) in [4.78, 5) is 12.3. The van der Waals surface area contributed by atoms with Gasteiger partial charge in [0.2, 0.25) is 0 Å². The largest absolute Gasteiger partial charge is 0.481 e. The highest BCUT2D eigenvalue weighted by molar-refractivity contribution is 6.32. The van der Waals surface area contributed by atoms with Gasteiger partial charge in [-0.1, -0.05) is 29.3 Å². The van der Waals surface area contributed by atoms with Gasteiger partial charge in [0.05, 0.1) is 0 Å². The number of carbonyl (C=O) groups is 1. The van der Waals surface area contributed by atoms with Gasteiger partial charge in [-0.2, -0.15) is 0 Å². The minimum Gasteiger partial charge on any atom is -0.481 e. The van der Waals surface area contributed by atoms with Crippen molar-refractivity contribution in [3.8, 4) is 5.75 Å². The highest BCUT2D eigenvalue weighted by Crippen LogP contribution is 2.27. The summed E-state index contributed by atoms with van der Waals surface area (Å²) in [6.45, 7) is 7.42. The zero-order valence-electron chi connectivity index (χ0n) is 13.5. The second-order valence-corrected chi connectivity index (χ2v) is 6.39. The number of rotatable bonds is 4. The van der Waals surface area contributed by atoms with Crippen LogP contribution in [0.15, 0.2) is 30.3 Å². The smallest absolute Gasteiger partial charge is 0.265 e. The molecule has 0 aliphatic heterocycles. The van der Waals surface area contributed by atoms with Crippen LogP contribution >= 0.6 is 23.2 Å². The number of hydrogen-bond donors (Lipinski definition) is 1. The Hall–Kier alpha value is -1.71. The van der Waals surface area contributed by atoms with Crippen molar-refractivity contribution in [1.82, 2.24) is 0 Å². The van der Waals surface area contributed by atoms with Crippen molar-refractivity contribution in [3.63, 3.8) is 0 Å². The summed E-state index contributed by atoms with van der Waals surface area (Å²) in [5, 5.41) is 4.12. The highest BCUT2D eigenvalue weighted by atomic mass is 35.5. The topological polar surface area (TPSA) is 38.3 Å². The van der Waals surface area contributed by atoms with E-state index >= 15 is 0 Å². The van der Waals surface area contributed by atoms with Crippen molar-refractivity contribution < 1.29 is 9.53 Å². The lowest BCUT2D eigenvalue weighted by atomic mass is 10.1. The first-order valence-electron chi connectivity index (χ1n) is 7.28. The van der Waals surface area contributed by atoms with Crippen LogP contribution in [0.1, 0.15) is 23.6 Å². The van der Waals surface area contributed by atoms with Crippen LogP contribution in [0, 0.1) is 20.8 Å². The highest BCUT2D eigenvalue weighted by Gasteiger charge is 2.16. The van der Waals surface area contributed by atoms with Crippen LogP contribution in [0.3, 0.4) is 0 Å². The molecule has 1 amide bonds. The Morgan fingerprint density at radius 3 is 2.26 bits per heavy atom. The van der Waals surface area contributed by atoms with Crippen molar-refractivity contribution in [2.45, 2.75) is 33.8 Å². The normalized spacial score (nSPS) is 11.9. The van der Waals surface area contributed by atoms with Gasteiger partial charge in [-0.15, -0.1) is 0 Å². The fraction of sp³-hybridized carbons (Fsp3) is 0.278. The van der Waals surface area contributed by atoms with E-state index < -0.39 is 6.10 Å². The first-order chi connectivity index (χ1) is 10.8. The molecule has 0 saturated carbocycles. The Kier molecular flexibility index (Phi) is 5.55. The number of nitrogens with one attached hydrogen (secondary N) is 1. The predicted octanol–water partition coefficient (Wildman–Crippen LogP) is 5.32. The second-order valence-electron chi connectivity index (χ2n) is 5.58. The second kappa shape index (κ2) is 7.24. The molecule has 0 unspecified atom stereocenters. The van der Waals surface area contributed by atoms with Gasteiger partial charge in [-0.3, -0.25) is 4.79 Å². The lowest BCUT2D eigenvalue weighted by molar-refractivity contribution is -0.122. The lowest BCUT2D eigenvalue weighted by Gasteiger charge is -2.17. The van der Waals surface area contributed by atoms with E-state index in [4.69, 9.17) is 27.9 Å². The molecule has 122 valence electrons. The van der Waals surface area contributed by atoms with Crippen LogP contribution in [-0.2, 0) is 4.79 Å². The third-order valence-corrected chi connectivity index (χ3v) is 4.38. The molecule has 3 nitrogen and oxygen atoms in total. The van der Waals surface area contributed by atoms with E-state index in [-0.39, 0.29) is 5.91 Å². The van der Waals surface area contributed by atoms with Crippen molar-refractivity contribution in [2.24, 2.45) is 0 Å². The zero-order valence-corrected chi connectivity index (χ0v) is 15.0. The van der Waals surface area contributed by atoms with E-state index in [1.807, 2.05) is 39.0 Å². The van der Waals surface area contributed by atoms with Gasteiger partial charge in [0.1, 0.15) is 5.75 Å². The molecule has 0 bridgehead atoms. The Balaban J connectivity index is 2.10. The Morgan fingerprint density at radius 1 is 1.04 bits per heavy atom. The molecular formula is C18H19Cl2NO2. The van der Waals surface area contributed by atoms with Crippen molar-refractivity contribution >= 4 is 34.8 Å². The van der Waals surface area contributed by atoms with Crippen LogP contribution in [0.2, 0.25) is 10.0 Å². The molecule has 0 radical (unpaired) electrons. The van der Waals surface area contributed by atoms with Gasteiger partial charge in [-0.25, -0.2) is 0 Å². The minimum atomic E-state index is -0.645. The fourth-order valence-electron chi connectivity index (χ4n) is 2.20. The van der Waals surface area contributed by atoms with Gasteiger partial charge in [-0.05, 0) is 68.7 Å². The average Bonchev–Trinajstić information content (AvgIpc) is 2.48. The van der Waals surface area contributed by atoms with Gasteiger partial charge in [0, 0.05) is 15.7 Å². The first-order valence-corrected chi connectivity index (χ1v) is 8.04. The molecule has 2 aromatic carbocycles. The number of anilines is 1. The third-order valence-electron chi connectivity index (χ3n) is 3.55. The molecule has 0 heterocycles. The van der Waals surface area contributed by atoms with Gasteiger partial charge in [0.15, 0.2) is 6.10 Å². The van der Waals surface area contributed by atoms with E-state index in [0.29, 0.717) is 21.5 Å². The number of carbonyl (C=O) groups excluding carboxylic acids is 1. The van der Waals surface area contributed by atoms with Crippen LogP contribution in [0.4, 0.5) is 5.69 Å². The Morgan fingerprint density at radius 2 is 1.65 bits per heavy atom. The van der Waals surface area contributed by atoms with Gasteiger partial charge < -0.3 is 10.1 Å². The van der Waals surface area contributed by atoms with Crippen LogP contribution in [-0.4, -0.2) is 12.0 Å². The Bertz CT molecular complexity index is 721. The van der Waals surface area contributed by atoms with Crippen LogP contribution in [0.25, 0.3) is 0 Å². The minimum absolute atomic E-state index is 0.236. The number of ether oxygens (including phenoxy) is 1. The number of aryl methyl sites for hydroxylation is 3. The standard InChI is InChI=1S/C18H19Cl2NO2/c1-10-5-6-14(19)9-16(10)21-18(22)13(4)23-15-7-11(2)17(20)12(3)8-15/h5-9,13H,1-4H3,(H,21,22)/t13-/m1/s1. The molecule has 1 atom stereocenters. The maximum atomic E-state index is 12.3. The van der Waals surface area contributed by atoms with Crippen LogP contribution < -0.4 is 10.1 Å². The third kappa shape index (κ3) is 4.40. The SMILES string of the molecule is Cc1ccc(Cl)cc1NC(=O)[C@@H](C)Oc1cc(C)c(Cl)c(C)c1. The van der Waals surface area contributed by atoms with E-state index in [1.54, 1.807) is 19.1 Å². The maximum Gasteiger partial charge on any atom is 0.265 e.